The number of imidazole rings is 1. The van der Waals surface area contributed by atoms with E-state index in [0.29, 0.717) is 18.8 Å². The Kier molecular flexibility index (Phi) is 3.58. The van der Waals surface area contributed by atoms with Gasteiger partial charge in [0.2, 0.25) is 0 Å². The molecular weight excluding hydrogens is 300 g/mol. The van der Waals surface area contributed by atoms with Crippen LogP contribution in [0.3, 0.4) is 0 Å². The monoisotopic (exact) mass is 320 g/mol. The molecule has 0 spiro atoms. The van der Waals surface area contributed by atoms with Gasteiger partial charge in [0.15, 0.2) is 0 Å². The highest BCUT2D eigenvalue weighted by atomic mass is 16.2. The highest BCUT2D eigenvalue weighted by Crippen LogP contribution is 2.27. The summed E-state index contributed by atoms with van der Waals surface area (Å²) in [6.07, 6.45) is 3.72. The summed E-state index contributed by atoms with van der Waals surface area (Å²) in [7, 11) is 0. The zero-order valence-electron chi connectivity index (χ0n) is 13.6. The van der Waals surface area contributed by atoms with E-state index in [0.717, 1.165) is 11.2 Å². The second kappa shape index (κ2) is 5.76. The van der Waals surface area contributed by atoms with Crippen LogP contribution in [0.1, 0.15) is 27.5 Å². The lowest BCUT2D eigenvalue weighted by molar-refractivity contribution is 0.0784. The first-order valence-electron chi connectivity index (χ1n) is 8.17. The summed E-state index contributed by atoms with van der Waals surface area (Å²) in [5.41, 5.74) is 9.87. The number of benzene rings is 1. The lowest BCUT2D eigenvalue weighted by Crippen LogP contribution is -2.32. The van der Waals surface area contributed by atoms with Crippen LogP contribution in [0.2, 0.25) is 0 Å². The Morgan fingerprint density at radius 3 is 2.79 bits per heavy atom. The molecule has 3 heterocycles. The predicted octanol–water partition coefficient (Wildman–Crippen LogP) is 2.21. The van der Waals surface area contributed by atoms with Crippen molar-refractivity contribution in [2.24, 2.45) is 5.73 Å². The summed E-state index contributed by atoms with van der Waals surface area (Å²) >= 11 is 0. The minimum Gasteiger partial charge on any atom is -0.335 e. The van der Waals surface area contributed by atoms with Gasteiger partial charge in [-0.3, -0.25) is 4.79 Å². The summed E-state index contributed by atoms with van der Waals surface area (Å²) < 4.78 is 1.88. The molecule has 3 aromatic rings. The first kappa shape index (κ1) is 14.9. The number of hydrogen-bond donors (Lipinski definition) is 1. The molecule has 1 saturated heterocycles. The molecule has 0 aliphatic carbocycles. The maximum Gasteiger partial charge on any atom is 0.274 e. The Morgan fingerprint density at radius 2 is 2.00 bits per heavy atom. The lowest BCUT2D eigenvalue weighted by atomic mass is 9.95. The fourth-order valence-corrected chi connectivity index (χ4v) is 3.40. The van der Waals surface area contributed by atoms with Crippen LogP contribution in [0.5, 0.6) is 0 Å². The van der Waals surface area contributed by atoms with Gasteiger partial charge in [0.05, 0.1) is 0 Å². The van der Waals surface area contributed by atoms with E-state index in [2.05, 4.69) is 17.1 Å². The van der Waals surface area contributed by atoms with Crippen molar-refractivity contribution < 1.29 is 4.79 Å². The van der Waals surface area contributed by atoms with Gasteiger partial charge in [0.1, 0.15) is 11.3 Å². The third kappa shape index (κ3) is 2.57. The summed E-state index contributed by atoms with van der Waals surface area (Å²) in [5, 5.41) is 0. The topological polar surface area (TPSA) is 63.6 Å². The van der Waals surface area contributed by atoms with Crippen LogP contribution >= 0.6 is 0 Å². The van der Waals surface area contributed by atoms with Gasteiger partial charge >= 0.3 is 0 Å². The van der Waals surface area contributed by atoms with E-state index in [-0.39, 0.29) is 17.9 Å². The number of rotatable bonds is 2. The number of pyridine rings is 1. The SMILES string of the molecule is Cc1ccn2cc(C(=O)N3C[C@@H](N)[C@H](c4ccccc4)C3)nc2c1. The third-order valence-electron chi connectivity index (χ3n) is 4.71. The van der Waals surface area contributed by atoms with Gasteiger partial charge in [0.25, 0.3) is 5.91 Å². The van der Waals surface area contributed by atoms with Crippen LogP contribution in [0, 0.1) is 6.92 Å². The fourth-order valence-electron chi connectivity index (χ4n) is 3.40. The summed E-state index contributed by atoms with van der Waals surface area (Å²) in [5.74, 6) is 0.125. The van der Waals surface area contributed by atoms with Gasteiger partial charge in [-0.2, -0.15) is 0 Å². The van der Waals surface area contributed by atoms with E-state index in [1.165, 1.54) is 5.56 Å². The minimum atomic E-state index is -0.0507. The van der Waals surface area contributed by atoms with Crippen LogP contribution in [0.25, 0.3) is 5.65 Å². The molecule has 1 aliphatic rings. The number of aryl methyl sites for hydroxylation is 1. The molecule has 5 nitrogen and oxygen atoms in total. The average Bonchev–Trinajstić information content (AvgIpc) is 3.18. The predicted molar refractivity (Wildman–Crippen MR) is 93.0 cm³/mol. The van der Waals surface area contributed by atoms with Crippen molar-refractivity contribution in [3.05, 3.63) is 71.7 Å². The molecular formula is C19H20N4O. The fraction of sp³-hybridized carbons (Fsp3) is 0.263. The molecule has 1 aliphatic heterocycles. The first-order chi connectivity index (χ1) is 11.6. The van der Waals surface area contributed by atoms with Gasteiger partial charge in [-0.25, -0.2) is 4.98 Å². The van der Waals surface area contributed by atoms with Crippen LogP contribution in [0.4, 0.5) is 0 Å². The standard InChI is InChI=1S/C19H20N4O/c1-13-7-8-22-12-17(21-18(22)9-13)19(24)23-10-15(16(20)11-23)14-5-3-2-4-6-14/h2-9,12,15-16H,10-11,20H2,1H3/t15-,16+/m0/s1. The Hall–Kier alpha value is -2.66. The van der Waals surface area contributed by atoms with Crippen molar-refractivity contribution in [2.75, 3.05) is 13.1 Å². The molecule has 4 rings (SSSR count). The van der Waals surface area contributed by atoms with Crippen LogP contribution in [-0.4, -0.2) is 39.3 Å². The van der Waals surface area contributed by atoms with Crippen molar-refractivity contribution in [3.63, 3.8) is 0 Å². The largest absolute Gasteiger partial charge is 0.335 e. The molecule has 1 amide bonds. The molecule has 0 unspecified atom stereocenters. The van der Waals surface area contributed by atoms with Gasteiger partial charge in [0, 0.05) is 37.4 Å². The van der Waals surface area contributed by atoms with Crippen molar-refractivity contribution in [1.82, 2.24) is 14.3 Å². The number of likely N-dealkylation sites (tertiary alicyclic amines) is 1. The molecule has 1 fully saturated rings. The number of carbonyl (C=O) groups excluding carboxylic acids is 1. The molecule has 2 atom stereocenters. The maximum atomic E-state index is 12.8. The highest BCUT2D eigenvalue weighted by molar-refractivity contribution is 5.93. The number of nitrogens with zero attached hydrogens (tertiary/aromatic N) is 3. The molecule has 0 bridgehead atoms. The third-order valence-corrected chi connectivity index (χ3v) is 4.71. The molecule has 24 heavy (non-hydrogen) atoms. The number of amides is 1. The van der Waals surface area contributed by atoms with Crippen LogP contribution in [0.15, 0.2) is 54.9 Å². The highest BCUT2D eigenvalue weighted by Gasteiger charge is 2.34. The van der Waals surface area contributed by atoms with Gasteiger partial charge in [-0.1, -0.05) is 30.3 Å². The second-order valence-corrected chi connectivity index (χ2v) is 6.49. The second-order valence-electron chi connectivity index (χ2n) is 6.49. The number of hydrogen-bond acceptors (Lipinski definition) is 3. The number of nitrogens with two attached hydrogens (primary N) is 1. The number of carbonyl (C=O) groups is 1. The molecule has 0 radical (unpaired) electrons. The Morgan fingerprint density at radius 1 is 1.21 bits per heavy atom. The van der Waals surface area contributed by atoms with E-state index < -0.39 is 0 Å². The average molecular weight is 320 g/mol. The van der Waals surface area contributed by atoms with Gasteiger partial charge in [-0.05, 0) is 30.2 Å². The van der Waals surface area contributed by atoms with Crippen LogP contribution < -0.4 is 5.73 Å². The van der Waals surface area contributed by atoms with E-state index in [1.807, 2.05) is 52.8 Å². The van der Waals surface area contributed by atoms with Crippen molar-refractivity contribution in [1.29, 1.82) is 0 Å². The summed E-state index contributed by atoms with van der Waals surface area (Å²) in [6, 6.07) is 14.1. The van der Waals surface area contributed by atoms with Crippen LogP contribution in [-0.2, 0) is 0 Å². The normalized spacial score (nSPS) is 20.7. The summed E-state index contributed by atoms with van der Waals surface area (Å²) in [4.78, 5) is 19.1. The quantitative estimate of drug-likeness (QED) is 0.787. The number of aromatic nitrogens is 2. The maximum absolute atomic E-state index is 12.8. The molecule has 5 heteroatoms. The molecule has 2 N–H and O–H groups in total. The van der Waals surface area contributed by atoms with E-state index >= 15 is 0 Å². The van der Waals surface area contributed by atoms with Crippen molar-refractivity contribution in [2.45, 2.75) is 18.9 Å². The smallest absolute Gasteiger partial charge is 0.274 e. The molecule has 122 valence electrons. The zero-order valence-corrected chi connectivity index (χ0v) is 13.6. The minimum absolute atomic E-state index is 0.0457. The Balaban J connectivity index is 1.58. The van der Waals surface area contributed by atoms with Gasteiger partial charge < -0.3 is 15.0 Å². The molecule has 0 saturated carbocycles. The Labute approximate surface area is 140 Å². The molecule has 1 aromatic carbocycles. The Bertz CT molecular complexity index is 887. The van der Waals surface area contributed by atoms with E-state index in [1.54, 1.807) is 6.20 Å². The lowest BCUT2D eigenvalue weighted by Gasteiger charge is -2.15. The van der Waals surface area contributed by atoms with Crippen molar-refractivity contribution in [3.8, 4) is 0 Å². The van der Waals surface area contributed by atoms with Gasteiger partial charge in [-0.15, -0.1) is 0 Å². The van der Waals surface area contributed by atoms with Crippen molar-refractivity contribution >= 4 is 11.6 Å². The zero-order chi connectivity index (χ0) is 16.7. The summed E-state index contributed by atoms with van der Waals surface area (Å²) in [6.45, 7) is 3.21. The first-order valence-corrected chi connectivity index (χ1v) is 8.17. The van der Waals surface area contributed by atoms with E-state index in [9.17, 15) is 4.79 Å². The number of fused-ring (bicyclic) bond motifs is 1. The van der Waals surface area contributed by atoms with E-state index in [4.69, 9.17) is 5.73 Å². The molecule has 2 aromatic heterocycles.